The minimum Gasteiger partial charge on any atom is -0.308 e. The van der Waals surface area contributed by atoms with Crippen LogP contribution in [-0.4, -0.2) is 20.8 Å². The highest BCUT2D eigenvalue weighted by molar-refractivity contribution is 7.99. The van der Waals surface area contributed by atoms with Crippen LogP contribution in [0, 0.1) is 5.92 Å². The Labute approximate surface area is 127 Å². The fraction of sp³-hybridized carbons (Fsp3) is 0.750. The topological polar surface area (TPSA) is 37.8 Å². The fourth-order valence-corrected chi connectivity index (χ4v) is 3.73. The highest BCUT2D eigenvalue weighted by Gasteiger charge is 2.20. The van der Waals surface area contributed by atoms with E-state index in [1.165, 1.54) is 25.7 Å². The first-order valence-electron chi connectivity index (χ1n) is 7.65. The van der Waals surface area contributed by atoms with E-state index in [9.17, 15) is 0 Å². The van der Waals surface area contributed by atoms with Crippen molar-refractivity contribution < 1.29 is 0 Å². The van der Waals surface area contributed by atoms with Gasteiger partial charge in [0, 0.05) is 35.3 Å². The summed E-state index contributed by atoms with van der Waals surface area (Å²) < 4.78 is 0. The molecule has 1 saturated carbocycles. The number of nitrogens with zero attached hydrogens (tertiary/aromatic N) is 2. The molecule has 1 aromatic rings. The summed E-state index contributed by atoms with van der Waals surface area (Å²) in [5.74, 6) is 0.858. The molecule has 0 aliphatic heterocycles. The third kappa shape index (κ3) is 5.41. The van der Waals surface area contributed by atoms with Gasteiger partial charge in [-0.25, -0.2) is 9.97 Å². The molecule has 0 saturated heterocycles. The van der Waals surface area contributed by atoms with Crippen molar-refractivity contribution in [3.05, 3.63) is 18.0 Å². The number of aromatic nitrogens is 2. The van der Waals surface area contributed by atoms with Crippen LogP contribution in [0.4, 0.5) is 0 Å². The first-order valence-corrected chi connectivity index (χ1v) is 8.53. The summed E-state index contributed by atoms with van der Waals surface area (Å²) in [7, 11) is 0. The Hall–Kier alpha value is -0.610. The van der Waals surface area contributed by atoms with Crippen molar-refractivity contribution in [2.24, 2.45) is 5.92 Å². The number of hydrogen-bond acceptors (Lipinski definition) is 4. The first kappa shape index (κ1) is 15.8. The number of nitrogens with one attached hydrogen (secondary N) is 1. The van der Waals surface area contributed by atoms with Crippen LogP contribution in [0.25, 0.3) is 0 Å². The van der Waals surface area contributed by atoms with Gasteiger partial charge < -0.3 is 5.32 Å². The van der Waals surface area contributed by atoms with Crippen molar-refractivity contribution in [3.8, 4) is 0 Å². The lowest BCUT2D eigenvalue weighted by molar-refractivity contribution is 0.394. The molecular formula is C16H27N3S. The summed E-state index contributed by atoms with van der Waals surface area (Å²) in [5.41, 5.74) is 1.28. The standard InChI is InChI=1S/C16H27N3S/c1-12-6-5-7-14(8-12)20-15-17-9-13(10-18-15)11-19-16(2,3)4/h9-10,12,14,19H,5-8,11H2,1-4H3. The Morgan fingerprint density at radius 3 is 2.55 bits per heavy atom. The smallest absolute Gasteiger partial charge is 0.187 e. The van der Waals surface area contributed by atoms with Gasteiger partial charge in [-0.1, -0.05) is 31.5 Å². The predicted molar refractivity (Wildman–Crippen MR) is 85.9 cm³/mol. The van der Waals surface area contributed by atoms with E-state index in [-0.39, 0.29) is 5.54 Å². The van der Waals surface area contributed by atoms with E-state index >= 15 is 0 Å². The quantitative estimate of drug-likeness (QED) is 0.850. The molecule has 0 spiro atoms. The number of rotatable bonds is 4. The van der Waals surface area contributed by atoms with E-state index < -0.39 is 0 Å². The van der Waals surface area contributed by atoms with Crippen molar-refractivity contribution in [1.29, 1.82) is 0 Å². The molecule has 1 aliphatic rings. The van der Waals surface area contributed by atoms with E-state index in [1.807, 2.05) is 24.2 Å². The predicted octanol–water partition coefficient (Wildman–Crippen LogP) is 4.04. The molecule has 1 fully saturated rings. The van der Waals surface area contributed by atoms with Crippen molar-refractivity contribution in [2.75, 3.05) is 0 Å². The normalized spacial score (nSPS) is 23.8. The zero-order valence-electron chi connectivity index (χ0n) is 13.1. The molecule has 2 atom stereocenters. The molecule has 1 aliphatic carbocycles. The van der Waals surface area contributed by atoms with Gasteiger partial charge in [-0.15, -0.1) is 0 Å². The Bertz CT molecular complexity index is 411. The molecule has 0 amide bonds. The summed E-state index contributed by atoms with van der Waals surface area (Å²) in [6.45, 7) is 9.69. The zero-order chi connectivity index (χ0) is 14.6. The van der Waals surface area contributed by atoms with Gasteiger partial charge in [0.1, 0.15) is 0 Å². The molecule has 2 unspecified atom stereocenters. The Morgan fingerprint density at radius 2 is 1.95 bits per heavy atom. The van der Waals surface area contributed by atoms with Gasteiger partial charge in [-0.2, -0.15) is 0 Å². The second-order valence-electron chi connectivity index (χ2n) is 6.99. The van der Waals surface area contributed by atoms with Gasteiger partial charge >= 0.3 is 0 Å². The van der Waals surface area contributed by atoms with Gasteiger partial charge in [0.05, 0.1) is 0 Å². The van der Waals surface area contributed by atoms with Crippen LogP contribution in [0.2, 0.25) is 0 Å². The Morgan fingerprint density at radius 1 is 1.25 bits per heavy atom. The SMILES string of the molecule is CC1CCCC(Sc2ncc(CNC(C)(C)C)cn2)C1. The second kappa shape index (κ2) is 6.90. The van der Waals surface area contributed by atoms with Crippen LogP contribution in [0.15, 0.2) is 17.6 Å². The largest absolute Gasteiger partial charge is 0.308 e. The van der Waals surface area contributed by atoms with E-state index in [4.69, 9.17) is 0 Å². The number of thioether (sulfide) groups is 1. The molecule has 1 heterocycles. The van der Waals surface area contributed by atoms with Gasteiger partial charge in [0.25, 0.3) is 0 Å². The van der Waals surface area contributed by atoms with Crippen LogP contribution in [0.1, 0.15) is 58.9 Å². The Balaban J connectivity index is 1.85. The highest BCUT2D eigenvalue weighted by atomic mass is 32.2. The summed E-state index contributed by atoms with van der Waals surface area (Å²) >= 11 is 1.86. The lowest BCUT2D eigenvalue weighted by Crippen LogP contribution is -2.35. The lowest BCUT2D eigenvalue weighted by atomic mass is 9.91. The average molecular weight is 293 g/mol. The summed E-state index contributed by atoms with van der Waals surface area (Å²) in [4.78, 5) is 9.02. The third-order valence-corrected chi connectivity index (χ3v) is 4.85. The van der Waals surface area contributed by atoms with Gasteiger partial charge in [0.15, 0.2) is 5.16 Å². The maximum Gasteiger partial charge on any atom is 0.187 e. The summed E-state index contributed by atoms with van der Waals surface area (Å²) in [6, 6.07) is 0. The lowest BCUT2D eigenvalue weighted by Gasteiger charge is -2.25. The summed E-state index contributed by atoms with van der Waals surface area (Å²) in [5, 5.41) is 5.10. The minimum atomic E-state index is 0.131. The van der Waals surface area contributed by atoms with Crippen molar-refractivity contribution in [3.63, 3.8) is 0 Å². The monoisotopic (exact) mass is 293 g/mol. The van der Waals surface area contributed by atoms with Crippen LogP contribution < -0.4 is 5.32 Å². The van der Waals surface area contributed by atoms with Crippen LogP contribution in [0.5, 0.6) is 0 Å². The van der Waals surface area contributed by atoms with Crippen LogP contribution >= 0.6 is 11.8 Å². The first-order chi connectivity index (χ1) is 9.42. The molecule has 3 nitrogen and oxygen atoms in total. The van der Waals surface area contributed by atoms with Crippen molar-refractivity contribution in [1.82, 2.24) is 15.3 Å². The molecule has 20 heavy (non-hydrogen) atoms. The number of hydrogen-bond donors (Lipinski definition) is 1. The minimum absolute atomic E-state index is 0.131. The summed E-state index contributed by atoms with van der Waals surface area (Å²) in [6.07, 6.45) is 9.27. The molecule has 0 aromatic carbocycles. The van der Waals surface area contributed by atoms with Crippen LogP contribution in [-0.2, 0) is 6.54 Å². The fourth-order valence-electron chi connectivity index (χ4n) is 2.50. The molecule has 0 radical (unpaired) electrons. The Kier molecular flexibility index (Phi) is 5.44. The zero-order valence-corrected chi connectivity index (χ0v) is 14.0. The second-order valence-corrected chi connectivity index (χ2v) is 8.26. The van der Waals surface area contributed by atoms with E-state index in [0.717, 1.165) is 23.2 Å². The van der Waals surface area contributed by atoms with Gasteiger partial charge in [-0.05, 0) is 39.5 Å². The molecular weight excluding hydrogens is 266 g/mol. The molecule has 0 bridgehead atoms. The molecule has 1 N–H and O–H groups in total. The maximum absolute atomic E-state index is 4.51. The van der Waals surface area contributed by atoms with E-state index in [0.29, 0.717) is 5.25 Å². The van der Waals surface area contributed by atoms with Gasteiger partial charge in [-0.3, -0.25) is 0 Å². The molecule has 2 rings (SSSR count). The maximum atomic E-state index is 4.51. The highest BCUT2D eigenvalue weighted by Crippen LogP contribution is 2.34. The van der Waals surface area contributed by atoms with Crippen molar-refractivity contribution >= 4 is 11.8 Å². The molecule has 4 heteroatoms. The van der Waals surface area contributed by atoms with Gasteiger partial charge in [0.2, 0.25) is 0 Å². The van der Waals surface area contributed by atoms with Crippen LogP contribution in [0.3, 0.4) is 0 Å². The molecule has 1 aromatic heterocycles. The third-order valence-electron chi connectivity index (χ3n) is 3.66. The van der Waals surface area contributed by atoms with E-state index in [1.54, 1.807) is 0 Å². The van der Waals surface area contributed by atoms with E-state index in [2.05, 4.69) is 43.0 Å². The van der Waals surface area contributed by atoms with Crippen molar-refractivity contribution in [2.45, 2.75) is 75.9 Å². The average Bonchev–Trinajstić information content (AvgIpc) is 2.37. The molecule has 112 valence electrons.